The summed E-state index contributed by atoms with van der Waals surface area (Å²) in [5.74, 6) is -0.316. The molecule has 0 unspecified atom stereocenters. The summed E-state index contributed by atoms with van der Waals surface area (Å²) in [6, 6.07) is 14.7. The van der Waals surface area contributed by atoms with E-state index in [0.29, 0.717) is 12.3 Å². The van der Waals surface area contributed by atoms with Crippen LogP contribution >= 0.6 is 11.3 Å². The monoisotopic (exact) mass is 400 g/mol. The van der Waals surface area contributed by atoms with Crippen molar-refractivity contribution in [3.05, 3.63) is 53.5 Å². The maximum Gasteiger partial charge on any atom is 0.332 e. The lowest BCUT2D eigenvalue weighted by molar-refractivity contribution is -0.152. The van der Waals surface area contributed by atoms with Crippen LogP contribution in [0.1, 0.15) is 11.9 Å². The molecule has 3 rings (SSSR count). The third kappa shape index (κ3) is 5.77. The van der Waals surface area contributed by atoms with E-state index in [1.165, 1.54) is 11.3 Å². The molecule has 146 valence electrons. The largest absolute Gasteiger partial charge is 0.494 e. The minimum absolute atomic E-state index is 0.215. The first-order valence-electron chi connectivity index (χ1n) is 8.74. The molecular formula is C20H20N2O5S. The van der Waals surface area contributed by atoms with Gasteiger partial charge in [-0.15, -0.1) is 11.3 Å². The number of esters is 1. The Morgan fingerprint density at radius 2 is 1.86 bits per heavy atom. The summed E-state index contributed by atoms with van der Waals surface area (Å²) in [6.07, 6.45) is 0. The van der Waals surface area contributed by atoms with Crippen molar-refractivity contribution in [3.63, 3.8) is 0 Å². The topological polar surface area (TPSA) is 86.8 Å². The number of nitrogens with zero attached hydrogens (tertiary/aromatic N) is 1. The van der Waals surface area contributed by atoms with Gasteiger partial charge in [0.1, 0.15) is 17.4 Å². The van der Waals surface area contributed by atoms with Crippen LogP contribution in [0, 0.1) is 0 Å². The van der Waals surface area contributed by atoms with Crippen molar-refractivity contribution in [2.45, 2.75) is 13.5 Å². The Balaban J connectivity index is 1.35. The number of carbonyl (C=O) groups is 2. The van der Waals surface area contributed by atoms with Crippen molar-refractivity contribution < 1.29 is 23.8 Å². The van der Waals surface area contributed by atoms with Gasteiger partial charge in [0.15, 0.2) is 6.61 Å². The highest BCUT2D eigenvalue weighted by Gasteiger charge is 2.10. The molecule has 1 amide bonds. The third-order valence-electron chi connectivity index (χ3n) is 3.60. The molecule has 0 bridgehead atoms. The summed E-state index contributed by atoms with van der Waals surface area (Å²) in [5, 5.41) is 3.42. The summed E-state index contributed by atoms with van der Waals surface area (Å²) < 4.78 is 16.6. The Kier molecular flexibility index (Phi) is 6.94. The van der Waals surface area contributed by atoms with Gasteiger partial charge in [-0.2, -0.15) is 0 Å². The zero-order valence-electron chi connectivity index (χ0n) is 15.3. The molecule has 0 aliphatic heterocycles. The number of benzene rings is 2. The number of para-hydroxylation sites is 1. The molecule has 0 spiro atoms. The number of fused-ring (bicyclic) bond motifs is 1. The Bertz CT molecular complexity index is 906. The molecule has 7 nitrogen and oxygen atoms in total. The molecule has 0 radical (unpaired) electrons. The second-order valence-electron chi connectivity index (χ2n) is 5.73. The van der Waals surface area contributed by atoms with Gasteiger partial charge in [-0.1, -0.05) is 12.1 Å². The summed E-state index contributed by atoms with van der Waals surface area (Å²) in [5.41, 5.74) is 1.50. The van der Waals surface area contributed by atoms with E-state index < -0.39 is 11.9 Å². The molecule has 0 saturated heterocycles. The summed E-state index contributed by atoms with van der Waals surface area (Å²) in [4.78, 5) is 28.0. The van der Waals surface area contributed by atoms with Crippen molar-refractivity contribution in [2.75, 3.05) is 25.1 Å². The SMILES string of the molecule is CCOc1ccc(NC(=O)COC(=O)COCc2nc3ccccc3s2)cc1. The fourth-order valence-corrected chi connectivity index (χ4v) is 3.29. The number of rotatable bonds is 9. The van der Waals surface area contributed by atoms with Crippen molar-refractivity contribution in [2.24, 2.45) is 0 Å². The summed E-state index contributed by atoms with van der Waals surface area (Å²) in [6.45, 7) is 2.06. The normalized spacial score (nSPS) is 10.6. The highest BCUT2D eigenvalue weighted by molar-refractivity contribution is 7.18. The molecule has 2 aromatic carbocycles. The third-order valence-corrected chi connectivity index (χ3v) is 4.61. The van der Waals surface area contributed by atoms with Gasteiger partial charge in [0.05, 0.1) is 23.4 Å². The Morgan fingerprint density at radius 3 is 2.61 bits per heavy atom. The Hall–Kier alpha value is -2.97. The van der Waals surface area contributed by atoms with E-state index in [-0.39, 0.29) is 19.8 Å². The number of hydrogen-bond acceptors (Lipinski definition) is 7. The first-order valence-corrected chi connectivity index (χ1v) is 9.56. The van der Waals surface area contributed by atoms with Crippen molar-refractivity contribution in [1.29, 1.82) is 0 Å². The number of hydrogen-bond donors (Lipinski definition) is 1. The van der Waals surface area contributed by atoms with Crippen LogP contribution in [0.2, 0.25) is 0 Å². The number of anilines is 1. The predicted molar refractivity (Wildman–Crippen MR) is 106 cm³/mol. The molecule has 28 heavy (non-hydrogen) atoms. The van der Waals surface area contributed by atoms with Gasteiger partial charge >= 0.3 is 5.97 Å². The molecule has 0 aliphatic rings. The molecule has 0 fully saturated rings. The number of aromatic nitrogens is 1. The van der Waals surface area contributed by atoms with Crippen LogP contribution in [0.4, 0.5) is 5.69 Å². The Morgan fingerprint density at radius 1 is 1.07 bits per heavy atom. The zero-order valence-corrected chi connectivity index (χ0v) is 16.2. The highest BCUT2D eigenvalue weighted by Crippen LogP contribution is 2.21. The van der Waals surface area contributed by atoms with Gasteiger partial charge < -0.3 is 19.5 Å². The number of amides is 1. The lowest BCUT2D eigenvalue weighted by Gasteiger charge is -2.08. The van der Waals surface area contributed by atoms with E-state index >= 15 is 0 Å². The van der Waals surface area contributed by atoms with Crippen LogP contribution in [0.5, 0.6) is 5.75 Å². The number of nitrogens with one attached hydrogen (secondary N) is 1. The minimum Gasteiger partial charge on any atom is -0.494 e. The van der Waals surface area contributed by atoms with E-state index in [9.17, 15) is 9.59 Å². The van der Waals surface area contributed by atoms with Crippen molar-refractivity contribution in [1.82, 2.24) is 4.98 Å². The average Bonchev–Trinajstić information content (AvgIpc) is 3.11. The zero-order chi connectivity index (χ0) is 19.8. The van der Waals surface area contributed by atoms with Crippen LogP contribution in [0.15, 0.2) is 48.5 Å². The molecule has 1 N–H and O–H groups in total. The maximum absolute atomic E-state index is 11.9. The standard InChI is InChI=1S/C20H20N2O5S/c1-2-26-15-9-7-14(8-10-15)21-18(23)11-27-20(24)13-25-12-19-22-16-5-3-4-6-17(16)28-19/h3-10H,2,11-13H2,1H3,(H,21,23). The van der Waals surface area contributed by atoms with Gasteiger partial charge in [-0.25, -0.2) is 9.78 Å². The quantitative estimate of drug-likeness (QED) is 0.554. The molecule has 3 aromatic rings. The molecule has 0 saturated carbocycles. The molecule has 1 heterocycles. The molecule has 0 atom stereocenters. The van der Waals surface area contributed by atoms with Gasteiger partial charge in [0, 0.05) is 5.69 Å². The Labute approximate surface area is 166 Å². The maximum atomic E-state index is 11.9. The molecule has 1 aromatic heterocycles. The average molecular weight is 400 g/mol. The number of thiazole rings is 1. The van der Waals surface area contributed by atoms with Crippen LogP contribution < -0.4 is 10.1 Å². The molecular weight excluding hydrogens is 380 g/mol. The molecule has 0 aliphatic carbocycles. The van der Waals surface area contributed by atoms with E-state index in [1.807, 2.05) is 31.2 Å². The number of ether oxygens (including phenoxy) is 3. The van der Waals surface area contributed by atoms with E-state index in [0.717, 1.165) is 21.0 Å². The van der Waals surface area contributed by atoms with Crippen molar-refractivity contribution >= 4 is 39.1 Å². The second-order valence-corrected chi connectivity index (χ2v) is 6.85. The molecule has 8 heteroatoms. The first kappa shape index (κ1) is 19.8. The van der Waals surface area contributed by atoms with Gasteiger partial charge in [-0.3, -0.25) is 4.79 Å². The fourth-order valence-electron chi connectivity index (χ4n) is 2.39. The van der Waals surface area contributed by atoms with Crippen LogP contribution in [-0.4, -0.2) is 36.7 Å². The first-order chi connectivity index (χ1) is 13.6. The minimum atomic E-state index is -0.608. The van der Waals surface area contributed by atoms with Crippen molar-refractivity contribution in [3.8, 4) is 5.75 Å². The van der Waals surface area contributed by atoms with Gasteiger partial charge in [0.25, 0.3) is 5.91 Å². The lowest BCUT2D eigenvalue weighted by atomic mass is 10.3. The fraction of sp³-hybridized carbons (Fsp3) is 0.250. The second kappa shape index (κ2) is 9.82. The van der Waals surface area contributed by atoms with E-state index in [1.54, 1.807) is 24.3 Å². The van der Waals surface area contributed by atoms with Crippen LogP contribution in [0.25, 0.3) is 10.2 Å². The summed E-state index contributed by atoms with van der Waals surface area (Å²) >= 11 is 1.51. The van der Waals surface area contributed by atoms with E-state index in [2.05, 4.69) is 10.3 Å². The van der Waals surface area contributed by atoms with Gasteiger partial charge in [-0.05, 0) is 43.3 Å². The van der Waals surface area contributed by atoms with Crippen LogP contribution in [0.3, 0.4) is 0 Å². The van der Waals surface area contributed by atoms with Gasteiger partial charge in [0.2, 0.25) is 0 Å². The highest BCUT2D eigenvalue weighted by atomic mass is 32.1. The summed E-state index contributed by atoms with van der Waals surface area (Å²) in [7, 11) is 0. The smallest absolute Gasteiger partial charge is 0.332 e. The lowest BCUT2D eigenvalue weighted by Crippen LogP contribution is -2.22. The van der Waals surface area contributed by atoms with Crippen LogP contribution in [-0.2, 0) is 25.7 Å². The predicted octanol–water partition coefficient (Wildman–Crippen LogP) is 3.39. The van der Waals surface area contributed by atoms with E-state index in [4.69, 9.17) is 14.2 Å². The number of carbonyl (C=O) groups excluding carboxylic acids is 2.